The first-order valence-electron chi connectivity index (χ1n) is 13.2. The van der Waals surface area contributed by atoms with Gasteiger partial charge in [0, 0.05) is 0 Å². The molecule has 174 valence electrons. The molecule has 3 aliphatic carbocycles. The van der Waals surface area contributed by atoms with Crippen LogP contribution in [0, 0.1) is 23.7 Å². The van der Waals surface area contributed by atoms with E-state index in [1.54, 1.807) is 0 Å². The zero-order valence-electron chi connectivity index (χ0n) is 19.5. The van der Waals surface area contributed by atoms with Gasteiger partial charge < -0.3 is 15.3 Å². The van der Waals surface area contributed by atoms with Gasteiger partial charge in [0.1, 0.15) is 5.75 Å². The molecule has 0 bridgehead atoms. The van der Waals surface area contributed by atoms with Gasteiger partial charge in [0.15, 0.2) is 0 Å². The standard InChI is InChI=1S/C28H44O3/c1-19-5-7-21(8-6-19)16-25-18-23(11-14-28(25)31)22-10-13-27(30)24(17-22)15-20-3-2-4-26(29)12-9-20/h10,13,17,19-21,23,25-26,28-31H,2-9,11-12,14-16,18H2,1H3. The van der Waals surface area contributed by atoms with Crippen molar-refractivity contribution in [2.24, 2.45) is 23.7 Å². The van der Waals surface area contributed by atoms with E-state index in [1.807, 2.05) is 6.07 Å². The van der Waals surface area contributed by atoms with E-state index in [2.05, 4.69) is 19.1 Å². The van der Waals surface area contributed by atoms with Gasteiger partial charge in [-0.25, -0.2) is 0 Å². The zero-order valence-corrected chi connectivity index (χ0v) is 19.5. The van der Waals surface area contributed by atoms with Crippen LogP contribution in [0.15, 0.2) is 18.2 Å². The second kappa shape index (κ2) is 10.7. The Morgan fingerprint density at radius 3 is 2.42 bits per heavy atom. The lowest BCUT2D eigenvalue weighted by Gasteiger charge is -2.37. The van der Waals surface area contributed by atoms with Crippen molar-refractivity contribution >= 4 is 0 Å². The average molecular weight is 429 g/mol. The van der Waals surface area contributed by atoms with Crippen LogP contribution in [0.3, 0.4) is 0 Å². The van der Waals surface area contributed by atoms with Gasteiger partial charge in [-0.05, 0) is 98.1 Å². The van der Waals surface area contributed by atoms with Crippen LogP contribution in [0.4, 0.5) is 0 Å². The number of aromatic hydroxyl groups is 1. The topological polar surface area (TPSA) is 60.7 Å². The first-order valence-corrected chi connectivity index (χ1v) is 13.2. The SMILES string of the molecule is CC1CCC(CC2CC(c3ccc(O)c(CC4CCCC(O)CC4)c3)CCC2O)CC1. The molecule has 3 fully saturated rings. The molecule has 0 aliphatic heterocycles. The highest BCUT2D eigenvalue weighted by Crippen LogP contribution is 2.43. The van der Waals surface area contributed by atoms with E-state index in [-0.39, 0.29) is 12.2 Å². The van der Waals surface area contributed by atoms with Crippen LogP contribution in [0.5, 0.6) is 5.75 Å². The number of rotatable bonds is 5. The molecule has 3 N–H and O–H groups in total. The van der Waals surface area contributed by atoms with E-state index in [0.717, 1.165) is 75.2 Å². The van der Waals surface area contributed by atoms with Crippen molar-refractivity contribution in [1.82, 2.24) is 0 Å². The smallest absolute Gasteiger partial charge is 0.118 e. The van der Waals surface area contributed by atoms with E-state index in [0.29, 0.717) is 23.5 Å². The molecule has 0 amide bonds. The van der Waals surface area contributed by atoms with Gasteiger partial charge in [-0.15, -0.1) is 0 Å². The minimum atomic E-state index is -0.136. The highest BCUT2D eigenvalue weighted by atomic mass is 16.3. The molecule has 3 nitrogen and oxygen atoms in total. The van der Waals surface area contributed by atoms with E-state index in [9.17, 15) is 15.3 Å². The van der Waals surface area contributed by atoms with Crippen molar-refractivity contribution in [3.63, 3.8) is 0 Å². The van der Waals surface area contributed by atoms with Crippen LogP contribution in [-0.4, -0.2) is 27.5 Å². The zero-order chi connectivity index (χ0) is 21.8. The highest BCUT2D eigenvalue weighted by Gasteiger charge is 2.33. The lowest BCUT2D eigenvalue weighted by molar-refractivity contribution is 0.0431. The van der Waals surface area contributed by atoms with Gasteiger partial charge in [0.25, 0.3) is 0 Å². The molecule has 0 heterocycles. The van der Waals surface area contributed by atoms with Crippen LogP contribution >= 0.6 is 0 Å². The van der Waals surface area contributed by atoms with Crippen LogP contribution in [-0.2, 0) is 6.42 Å². The molecule has 3 saturated carbocycles. The second-order valence-electron chi connectivity index (χ2n) is 11.3. The van der Waals surface area contributed by atoms with Gasteiger partial charge in [0.2, 0.25) is 0 Å². The third-order valence-electron chi connectivity index (χ3n) is 8.86. The van der Waals surface area contributed by atoms with Gasteiger partial charge in [-0.3, -0.25) is 0 Å². The molecule has 5 atom stereocenters. The van der Waals surface area contributed by atoms with Crippen LogP contribution in [0.25, 0.3) is 0 Å². The summed E-state index contributed by atoms with van der Waals surface area (Å²) >= 11 is 0. The summed E-state index contributed by atoms with van der Waals surface area (Å²) < 4.78 is 0. The number of hydrogen-bond acceptors (Lipinski definition) is 3. The molecule has 0 radical (unpaired) electrons. The first-order chi connectivity index (χ1) is 15.0. The summed E-state index contributed by atoms with van der Waals surface area (Å²) in [7, 11) is 0. The monoisotopic (exact) mass is 428 g/mol. The van der Waals surface area contributed by atoms with E-state index < -0.39 is 0 Å². The van der Waals surface area contributed by atoms with Crippen molar-refractivity contribution < 1.29 is 15.3 Å². The number of phenols is 1. The maximum absolute atomic E-state index is 10.7. The van der Waals surface area contributed by atoms with Gasteiger partial charge in [-0.2, -0.15) is 0 Å². The van der Waals surface area contributed by atoms with Gasteiger partial charge in [-0.1, -0.05) is 57.6 Å². The van der Waals surface area contributed by atoms with E-state index in [1.165, 1.54) is 37.7 Å². The molecule has 1 aromatic rings. The fraction of sp³-hybridized carbons (Fsp3) is 0.786. The summed E-state index contributed by atoms with van der Waals surface area (Å²) in [6, 6.07) is 6.29. The van der Waals surface area contributed by atoms with Crippen LogP contribution in [0.2, 0.25) is 0 Å². The number of hydrogen-bond donors (Lipinski definition) is 3. The molecular weight excluding hydrogens is 384 g/mol. The number of benzene rings is 1. The Hall–Kier alpha value is -1.06. The van der Waals surface area contributed by atoms with E-state index in [4.69, 9.17) is 0 Å². The predicted octanol–water partition coefficient (Wildman–Crippen LogP) is 6.34. The molecule has 4 rings (SSSR count). The number of aliphatic hydroxyl groups is 2. The Bertz CT molecular complexity index is 693. The molecule has 0 saturated heterocycles. The maximum Gasteiger partial charge on any atom is 0.118 e. The van der Waals surface area contributed by atoms with Crippen LogP contribution in [0.1, 0.15) is 107 Å². The number of aliphatic hydroxyl groups excluding tert-OH is 2. The quantitative estimate of drug-likeness (QED) is 0.480. The average Bonchev–Trinajstić information content (AvgIpc) is 2.97. The molecule has 5 unspecified atom stereocenters. The van der Waals surface area contributed by atoms with Crippen molar-refractivity contribution in [3.05, 3.63) is 29.3 Å². The molecule has 0 spiro atoms. The van der Waals surface area contributed by atoms with Gasteiger partial charge >= 0.3 is 0 Å². The molecule has 3 aliphatic rings. The Morgan fingerprint density at radius 1 is 0.839 bits per heavy atom. The predicted molar refractivity (Wildman–Crippen MR) is 126 cm³/mol. The van der Waals surface area contributed by atoms with Crippen molar-refractivity contribution in [2.45, 2.75) is 115 Å². The summed E-state index contributed by atoms with van der Waals surface area (Å²) in [6.07, 6.45) is 15.4. The summed E-state index contributed by atoms with van der Waals surface area (Å²) in [4.78, 5) is 0. The Kier molecular flexibility index (Phi) is 7.98. The number of phenolic OH excluding ortho intramolecular Hbond substituents is 1. The molecule has 31 heavy (non-hydrogen) atoms. The first kappa shape index (κ1) is 23.1. The summed E-state index contributed by atoms with van der Waals surface area (Å²) in [5.41, 5.74) is 2.44. The fourth-order valence-corrected chi connectivity index (χ4v) is 6.69. The lowest BCUT2D eigenvalue weighted by atomic mass is 9.70. The molecular formula is C28H44O3. The summed E-state index contributed by atoms with van der Waals surface area (Å²) in [5, 5.41) is 31.2. The third kappa shape index (κ3) is 6.26. The maximum atomic E-state index is 10.7. The minimum absolute atomic E-state index is 0.135. The van der Waals surface area contributed by atoms with Crippen molar-refractivity contribution in [1.29, 1.82) is 0 Å². The normalized spacial score (nSPS) is 37.3. The van der Waals surface area contributed by atoms with Gasteiger partial charge in [0.05, 0.1) is 12.2 Å². The Labute approximate surface area is 189 Å². The largest absolute Gasteiger partial charge is 0.508 e. The summed E-state index contributed by atoms with van der Waals surface area (Å²) in [5.74, 6) is 3.61. The fourth-order valence-electron chi connectivity index (χ4n) is 6.69. The van der Waals surface area contributed by atoms with Crippen LogP contribution < -0.4 is 0 Å². The highest BCUT2D eigenvalue weighted by molar-refractivity contribution is 5.38. The lowest BCUT2D eigenvalue weighted by Crippen LogP contribution is -2.31. The Morgan fingerprint density at radius 2 is 1.61 bits per heavy atom. The molecule has 3 heteroatoms. The molecule has 1 aromatic carbocycles. The second-order valence-corrected chi connectivity index (χ2v) is 11.3. The van der Waals surface area contributed by atoms with Crippen molar-refractivity contribution in [3.8, 4) is 5.75 Å². The van der Waals surface area contributed by atoms with E-state index >= 15 is 0 Å². The van der Waals surface area contributed by atoms with Crippen molar-refractivity contribution in [2.75, 3.05) is 0 Å². The third-order valence-corrected chi connectivity index (χ3v) is 8.86. The summed E-state index contributed by atoms with van der Waals surface area (Å²) in [6.45, 7) is 2.38. The minimum Gasteiger partial charge on any atom is -0.508 e. The molecule has 0 aromatic heterocycles. The Balaban J connectivity index is 1.39.